The van der Waals surface area contributed by atoms with E-state index < -0.39 is 11.6 Å². The first-order chi connectivity index (χ1) is 14.0. The van der Waals surface area contributed by atoms with Crippen LogP contribution in [0, 0.1) is 0 Å². The lowest BCUT2D eigenvalue weighted by Crippen LogP contribution is -2.19. The molecule has 0 bridgehead atoms. The largest absolute Gasteiger partial charge is 0.493 e. The van der Waals surface area contributed by atoms with E-state index in [1.54, 1.807) is 28.9 Å². The van der Waals surface area contributed by atoms with Gasteiger partial charge in [-0.15, -0.1) is 11.3 Å². The smallest absolute Gasteiger partial charge is 0.326 e. The number of hydrogen-bond acceptors (Lipinski definition) is 7. The summed E-state index contributed by atoms with van der Waals surface area (Å²) in [6.07, 6.45) is 5.23. The molecule has 0 aromatic carbocycles. The van der Waals surface area contributed by atoms with Crippen molar-refractivity contribution in [3.8, 4) is 16.5 Å². The molecule has 0 aliphatic heterocycles. The molecule has 11 heteroatoms. The molecule has 0 unspecified atom stereocenters. The summed E-state index contributed by atoms with van der Waals surface area (Å²) in [4.78, 5) is 38.2. The molecule has 1 fully saturated rings. The van der Waals surface area contributed by atoms with Crippen molar-refractivity contribution >= 4 is 29.0 Å². The number of primary amides is 1. The van der Waals surface area contributed by atoms with Gasteiger partial charge in [-0.2, -0.15) is 9.61 Å². The molecule has 10 nitrogen and oxygen atoms in total. The minimum absolute atomic E-state index is 0.227. The summed E-state index contributed by atoms with van der Waals surface area (Å²) in [5.74, 6) is -0.756. The van der Waals surface area contributed by atoms with Gasteiger partial charge in [-0.25, -0.2) is 9.78 Å². The zero-order valence-corrected chi connectivity index (χ0v) is 15.7. The number of rotatable bonds is 4. The zero-order valence-electron chi connectivity index (χ0n) is 14.9. The number of H-pyrrole nitrogens is 2. The zero-order chi connectivity index (χ0) is 20.1. The second-order valence-electron chi connectivity index (χ2n) is 6.71. The van der Waals surface area contributed by atoms with E-state index in [4.69, 9.17) is 10.7 Å². The molecule has 1 aliphatic carbocycles. The van der Waals surface area contributed by atoms with Gasteiger partial charge in [0.2, 0.25) is 5.88 Å². The SMILES string of the molecule is NC(=O)c1ccc(-c2cc(=NC3CC3)n3nc/c(=C\c4[nH]c(=O)[nH]c4O)c3n2)s1. The molecule has 29 heavy (non-hydrogen) atoms. The van der Waals surface area contributed by atoms with Gasteiger partial charge in [0.05, 0.1) is 27.7 Å². The summed E-state index contributed by atoms with van der Waals surface area (Å²) in [6, 6.07) is 5.55. The van der Waals surface area contributed by atoms with Crippen LogP contribution in [0.1, 0.15) is 28.2 Å². The molecule has 5 rings (SSSR count). The number of fused-ring (bicyclic) bond motifs is 1. The summed E-state index contributed by atoms with van der Waals surface area (Å²) < 4.78 is 1.62. The Kier molecular flexibility index (Phi) is 3.84. The van der Waals surface area contributed by atoms with Crippen molar-refractivity contribution < 1.29 is 9.90 Å². The number of nitrogens with one attached hydrogen (secondary N) is 2. The van der Waals surface area contributed by atoms with Crippen molar-refractivity contribution in [3.63, 3.8) is 0 Å². The van der Waals surface area contributed by atoms with Crippen molar-refractivity contribution in [1.29, 1.82) is 0 Å². The average Bonchev–Trinajstić information content (AvgIpc) is 3.08. The molecule has 0 spiro atoms. The van der Waals surface area contributed by atoms with Crippen LogP contribution in [0.25, 0.3) is 22.3 Å². The number of aromatic nitrogens is 5. The Labute approximate surface area is 166 Å². The lowest BCUT2D eigenvalue weighted by atomic mass is 10.3. The maximum Gasteiger partial charge on any atom is 0.326 e. The highest BCUT2D eigenvalue weighted by Gasteiger charge is 2.20. The van der Waals surface area contributed by atoms with E-state index in [9.17, 15) is 14.7 Å². The Bertz CT molecular complexity index is 1440. The lowest BCUT2D eigenvalue weighted by Gasteiger charge is -2.00. The summed E-state index contributed by atoms with van der Waals surface area (Å²) in [5, 5.41) is 14.8. The minimum Gasteiger partial charge on any atom is -0.493 e. The van der Waals surface area contributed by atoms with Crippen LogP contribution in [0.2, 0.25) is 0 Å². The number of amides is 1. The summed E-state index contributed by atoms with van der Waals surface area (Å²) in [6.45, 7) is 0. The third-order valence-electron chi connectivity index (χ3n) is 4.48. The third kappa shape index (κ3) is 3.21. The molecular weight excluding hydrogens is 394 g/mol. The van der Waals surface area contributed by atoms with Gasteiger partial charge in [-0.05, 0) is 31.1 Å². The van der Waals surface area contributed by atoms with Gasteiger partial charge in [0, 0.05) is 11.3 Å². The van der Waals surface area contributed by atoms with Gasteiger partial charge in [0.25, 0.3) is 5.91 Å². The molecule has 1 saturated carbocycles. The van der Waals surface area contributed by atoms with E-state index in [-0.39, 0.29) is 17.6 Å². The molecule has 0 atom stereocenters. The Morgan fingerprint density at radius 3 is 2.86 bits per heavy atom. The predicted molar refractivity (Wildman–Crippen MR) is 105 cm³/mol. The summed E-state index contributed by atoms with van der Waals surface area (Å²) >= 11 is 1.25. The molecule has 4 aromatic rings. The van der Waals surface area contributed by atoms with Crippen molar-refractivity contribution in [2.45, 2.75) is 18.9 Å². The number of imidazole rings is 1. The van der Waals surface area contributed by atoms with Crippen LogP contribution in [0.5, 0.6) is 5.88 Å². The molecule has 0 saturated heterocycles. The van der Waals surface area contributed by atoms with Crippen molar-refractivity contribution in [2.24, 2.45) is 10.7 Å². The van der Waals surface area contributed by atoms with Crippen LogP contribution in [0.15, 0.2) is 34.2 Å². The van der Waals surface area contributed by atoms with E-state index in [1.807, 2.05) is 6.07 Å². The molecule has 146 valence electrons. The highest BCUT2D eigenvalue weighted by molar-refractivity contribution is 7.17. The Hall–Kier alpha value is -3.73. The van der Waals surface area contributed by atoms with Gasteiger partial charge in [-0.3, -0.25) is 14.8 Å². The van der Waals surface area contributed by atoms with E-state index in [0.717, 1.165) is 17.7 Å². The molecule has 0 radical (unpaired) electrons. The maximum absolute atomic E-state index is 11.4. The monoisotopic (exact) mass is 409 g/mol. The standard InChI is InChI=1S/C18H15N7O3S/c19-15(26)13-4-3-12(29-13)10-6-14(21-9-1-2-9)25-16(22-10)8(7-20-25)5-11-17(27)24-18(28)23-11/h3-7,9,27H,1-2H2,(H2,19,26)(H2,23,24,28)/b8-5+,21-14?. The Balaban J connectivity index is 1.75. The maximum atomic E-state index is 11.4. The number of nitrogens with two attached hydrogens (primary N) is 1. The Morgan fingerprint density at radius 1 is 1.38 bits per heavy atom. The number of nitrogens with zero attached hydrogens (tertiary/aromatic N) is 4. The average molecular weight is 409 g/mol. The fourth-order valence-corrected chi connectivity index (χ4v) is 3.75. The van der Waals surface area contributed by atoms with Crippen molar-refractivity contribution in [3.05, 3.63) is 56.2 Å². The van der Waals surface area contributed by atoms with E-state index >= 15 is 0 Å². The first kappa shape index (κ1) is 17.4. The first-order valence-electron chi connectivity index (χ1n) is 8.83. The van der Waals surface area contributed by atoms with Crippen molar-refractivity contribution in [1.82, 2.24) is 24.6 Å². The van der Waals surface area contributed by atoms with Crippen LogP contribution < -0.4 is 22.1 Å². The fourth-order valence-electron chi connectivity index (χ4n) is 2.93. The number of hydrogen-bond donors (Lipinski definition) is 4. The number of carbonyl (C=O) groups excluding carboxylic acids is 1. The van der Waals surface area contributed by atoms with E-state index in [0.29, 0.717) is 26.9 Å². The summed E-state index contributed by atoms with van der Waals surface area (Å²) in [5.41, 5.74) is 6.87. The first-order valence-corrected chi connectivity index (χ1v) is 9.65. The third-order valence-corrected chi connectivity index (χ3v) is 5.60. The number of thiophene rings is 1. The van der Waals surface area contributed by atoms with Crippen LogP contribution in [0.4, 0.5) is 0 Å². The molecule has 4 heterocycles. The fraction of sp³-hybridized carbons (Fsp3) is 0.167. The lowest BCUT2D eigenvalue weighted by molar-refractivity contribution is 0.100. The molecular formula is C18H15N7O3S. The molecule has 5 N–H and O–H groups in total. The highest BCUT2D eigenvalue weighted by atomic mass is 32.1. The van der Waals surface area contributed by atoms with Crippen LogP contribution in [-0.2, 0) is 0 Å². The van der Waals surface area contributed by atoms with Gasteiger partial charge >= 0.3 is 5.69 Å². The normalized spacial score (nSPS) is 15.4. The minimum atomic E-state index is -0.513. The molecule has 1 amide bonds. The predicted octanol–water partition coefficient (Wildman–Crippen LogP) is -0.111. The van der Waals surface area contributed by atoms with E-state index in [1.165, 1.54) is 11.3 Å². The number of carbonyl (C=O) groups is 1. The topological polar surface area (TPSA) is 155 Å². The quantitative estimate of drug-likeness (QED) is 0.370. The van der Waals surface area contributed by atoms with Crippen LogP contribution >= 0.6 is 11.3 Å². The van der Waals surface area contributed by atoms with Gasteiger partial charge in [0.1, 0.15) is 5.69 Å². The van der Waals surface area contributed by atoms with Crippen LogP contribution in [-0.4, -0.2) is 41.6 Å². The second-order valence-corrected chi connectivity index (χ2v) is 7.79. The van der Waals surface area contributed by atoms with Gasteiger partial charge in [0.15, 0.2) is 11.1 Å². The Morgan fingerprint density at radius 2 is 2.21 bits per heavy atom. The van der Waals surface area contributed by atoms with Gasteiger partial charge < -0.3 is 15.8 Å². The molecule has 4 aromatic heterocycles. The second kappa shape index (κ2) is 6.41. The number of aromatic amines is 2. The highest BCUT2D eigenvalue weighted by Crippen LogP contribution is 2.26. The van der Waals surface area contributed by atoms with Gasteiger partial charge in [-0.1, -0.05) is 0 Å². The van der Waals surface area contributed by atoms with Crippen LogP contribution in [0.3, 0.4) is 0 Å². The number of aromatic hydroxyl groups is 1. The summed E-state index contributed by atoms with van der Waals surface area (Å²) in [7, 11) is 0. The molecule has 1 aliphatic rings. The van der Waals surface area contributed by atoms with E-state index in [2.05, 4.69) is 20.1 Å². The van der Waals surface area contributed by atoms with Crippen molar-refractivity contribution in [2.75, 3.05) is 0 Å².